The molecule has 0 heterocycles. The molecule has 0 amide bonds. The maximum Gasteiger partial charge on any atom is 0.0615 e. The molecule has 0 saturated heterocycles. The van der Waals surface area contributed by atoms with Crippen LogP contribution in [0.5, 0.6) is 0 Å². The summed E-state index contributed by atoms with van der Waals surface area (Å²) in [5, 5.41) is 0.767. The highest BCUT2D eigenvalue weighted by atomic mass is 35.5. The first-order valence-electron chi connectivity index (χ1n) is 7.17. The Balaban J connectivity index is 2.90. The standard InChI is InChI=1S/C16H27ClN2O/c1-5-19(13(2)11-20-4)16(3,12-18)10-14-6-8-15(17)9-7-14/h6-9,13H,5,10-12,18H2,1-4H3. The van der Waals surface area contributed by atoms with Gasteiger partial charge in [-0.15, -0.1) is 0 Å². The van der Waals surface area contributed by atoms with Gasteiger partial charge in [-0.1, -0.05) is 30.7 Å². The van der Waals surface area contributed by atoms with Crippen LogP contribution >= 0.6 is 11.6 Å². The molecule has 2 N–H and O–H groups in total. The summed E-state index contributed by atoms with van der Waals surface area (Å²) in [6.45, 7) is 8.84. The van der Waals surface area contributed by atoms with E-state index in [1.807, 2.05) is 12.1 Å². The van der Waals surface area contributed by atoms with E-state index in [0.717, 1.165) is 18.0 Å². The van der Waals surface area contributed by atoms with E-state index < -0.39 is 0 Å². The fourth-order valence-corrected chi connectivity index (χ4v) is 3.02. The Kier molecular flexibility index (Phi) is 6.96. The van der Waals surface area contributed by atoms with Crippen molar-refractivity contribution in [1.82, 2.24) is 4.90 Å². The van der Waals surface area contributed by atoms with E-state index in [1.54, 1.807) is 7.11 Å². The quantitative estimate of drug-likeness (QED) is 0.802. The second-order valence-electron chi connectivity index (χ2n) is 5.59. The van der Waals surface area contributed by atoms with Gasteiger partial charge in [0.25, 0.3) is 0 Å². The number of nitrogens with two attached hydrogens (primary N) is 1. The second kappa shape index (κ2) is 7.99. The van der Waals surface area contributed by atoms with Gasteiger partial charge in [-0.25, -0.2) is 0 Å². The summed E-state index contributed by atoms with van der Waals surface area (Å²) in [6.07, 6.45) is 0.905. The molecule has 0 saturated carbocycles. The molecule has 0 aromatic heterocycles. The zero-order chi connectivity index (χ0) is 15.2. The third-order valence-electron chi connectivity index (χ3n) is 3.91. The number of hydrogen-bond acceptors (Lipinski definition) is 3. The molecule has 0 spiro atoms. The average molecular weight is 299 g/mol. The van der Waals surface area contributed by atoms with Crippen LogP contribution in [0.15, 0.2) is 24.3 Å². The van der Waals surface area contributed by atoms with E-state index >= 15 is 0 Å². The molecule has 2 unspecified atom stereocenters. The number of halogens is 1. The highest BCUT2D eigenvalue weighted by Gasteiger charge is 2.32. The molecule has 114 valence electrons. The van der Waals surface area contributed by atoms with E-state index in [0.29, 0.717) is 19.2 Å². The van der Waals surface area contributed by atoms with Crippen molar-refractivity contribution < 1.29 is 4.74 Å². The van der Waals surface area contributed by atoms with Crippen molar-refractivity contribution in [3.8, 4) is 0 Å². The van der Waals surface area contributed by atoms with Crippen LogP contribution in [0.2, 0.25) is 5.02 Å². The Bertz CT molecular complexity index is 396. The normalized spacial score (nSPS) is 16.1. The first-order chi connectivity index (χ1) is 9.46. The van der Waals surface area contributed by atoms with Crippen LogP contribution in [0.3, 0.4) is 0 Å². The van der Waals surface area contributed by atoms with Gasteiger partial charge in [0, 0.05) is 30.3 Å². The van der Waals surface area contributed by atoms with Crippen LogP contribution in [-0.2, 0) is 11.2 Å². The Morgan fingerprint density at radius 3 is 2.40 bits per heavy atom. The molecule has 0 aliphatic heterocycles. The van der Waals surface area contributed by atoms with Crippen LogP contribution in [0.25, 0.3) is 0 Å². The molecule has 1 rings (SSSR count). The Morgan fingerprint density at radius 1 is 1.35 bits per heavy atom. The zero-order valence-corrected chi connectivity index (χ0v) is 13.8. The number of benzene rings is 1. The van der Waals surface area contributed by atoms with Gasteiger partial charge in [0.2, 0.25) is 0 Å². The molecule has 1 aromatic rings. The Hall–Kier alpha value is -0.610. The maximum absolute atomic E-state index is 6.09. The van der Waals surface area contributed by atoms with Crippen molar-refractivity contribution in [2.75, 3.05) is 26.8 Å². The molecular formula is C16H27ClN2O. The molecule has 0 fully saturated rings. The summed E-state index contributed by atoms with van der Waals surface area (Å²) in [5.41, 5.74) is 7.26. The molecule has 1 aromatic carbocycles. The number of nitrogens with zero attached hydrogens (tertiary/aromatic N) is 1. The maximum atomic E-state index is 6.09. The second-order valence-corrected chi connectivity index (χ2v) is 6.03. The lowest BCUT2D eigenvalue weighted by Gasteiger charge is -2.44. The van der Waals surface area contributed by atoms with Gasteiger partial charge < -0.3 is 10.5 Å². The lowest BCUT2D eigenvalue weighted by Crippen LogP contribution is -2.57. The number of ether oxygens (including phenoxy) is 1. The summed E-state index contributed by atoms with van der Waals surface area (Å²) in [5.74, 6) is 0. The molecular weight excluding hydrogens is 272 g/mol. The van der Waals surface area contributed by atoms with Crippen molar-refractivity contribution >= 4 is 11.6 Å². The fraction of sp³-hybridized carbons (Fsp3) is 0.625. The van der Waals surface area contributed by atoms with E-state index in [-0.39, 0.29) is 5.54 Å². The first-order valence-corrected chi connectivity index (χ1v) is 7.54. The van der Waals surface area contributed by atoms with Gasteiger partial charge in [0.05, 0.1) is 6.61 Å². The summed E-state index contributed by atoms with van der Waals surface area (Å²) < 4.78 is 5.29. The van der Waals surface area contributed by atoms with Gasteiger partial charge in [-0.05, 0) is 44.5 Å². The van der Waals surface area contributed by atoms with Gasteiger partial charge in [0.15, 0.2) is 0 Å². The largest absolute Gasteiger partial charge is 0.383 e. The minimum Gasteiger partial charge on any atom is -0.383 e. The number of likely N-dealkylation sites (N-methyl/N-ethyl adjacent to an activating group) is 1. The molecule has 3 nitrogen and oxygen atoms in total. The van der Waals surface area contributed by atoms with Crippen molar-refractivity contribution in [1.29, 1.82) is 0 Å². The lowest BCUT2D eigenvalue weighted by atomic mass is 9.89. The van der Waals surface area contributed by atoms with Gasteiger partial charge >= 0.3 is 0 Å². The topological polar surface area (TPSA) is 38.5 Å². The van der Waals surface area contributed by atoms with E-state index in [9.17, 15) is 0 Å². The molecule has 0 bridgehead atoms. The van der Waals surface area contributed by atoms with E-state index in [2.05, 4.69) is 37.8 Å². The molecule has 0 radical (unpaired) electrons. The minimum absolute atomic E-state index is 0.0828. The van der Waals surface area contributed by atoms with Gasteiger partial charge in [-0.3, -0.25) is 4.90 Å². The van der Waals surface area contributed by atoms with Crippen molar-refractivity contribution in [3.05, 3.63) is 34.9 Å². The predicted molar refractivity (Wildman–Crippen MR) is 86.3 cm³/mol. The van der Waals surface area contributed by atoms with Crippen molar-refractivity contribution in [3.63, 3.8) is 0 Å². The summed E-state index contributed by atoms with van der Waals surface area (Å²) in [4.78, 5) is 2.42. The smallest absolute Gasteiger partial charge is 0.0615 e. The predicted octanol–water partition coefficient (Wildman–Crippen LogP) is 2.96. The molecule has 0 aliphatic carbocycles. The SMILES string of the molecule is CCN(C(C)COC)C(C)(CN)Cc1ccc(Cl)cc1. The third-order valence-corrected chi connectivity index (χ3v) is 4.16. The van der Waals surface area contributed by atoms with Crippen LogP contribution in [-0.4, -0.2) is 43.3 Å². The highest BCUT2D eigenvalue weighted by Crippen LogP contribution is 2.23. The number of methoxy groups -OCH3 is 1. The first kappa shape index (κ1) is 17.4. The third kappa shape index (κ3) is 4.45. The average Bonchev–Trinajstić information content (AvgIpc) is 2.42. The van der Waals surface area contributed by atoms with E-state index in [1.165, 1.54) is 5.56 Å². The fourth-order valence-electron chi connectivity index (χ4n) is 2.89. The minimum atomic E-state index is -0.0828. The van der Waals surface area contributed by atoms with Crippen LogP contribution in [0.1, 0.15) is 26.3 Å². The molecule has 4 heteroatoms. The van der Waals surface area contributed by atoms with E-state index in [4.69, 9.17) is 22.1 Å². The molecule has 20 heavy (non-hydrogen) atoms. The molecule has 0 aliphatic rings. The Morgan fingerprint density at radius 2 is 1.95 bits per heavy atom. The monoisotopic (exact) mass is 298 g/mol. The van der Waals surface area contributed by atoms with Crippen molar-refractivity contribution in [2.45, 2.75) is 38.8 Å². The summed E-state index contributed by atoms with van der Waals surface area (Å²) in [6, 6.07) is 8.35. The van der Waals surface area contributed by atoms with Crippen molar-refractivity contribution in [2.24, 2.45) is 5.73 Å². The number of hydrogen-bond donors (Lipinski definition) is 1. The van der Waals surface area contributed by atoms with Crippen LogP contribution in [0.4, 0.5) is 0 Å². The van der Waals surface area contributed by atoms with Gasteiger partial charge in [-0.2, -0.15) is 0 Å². The molecule has 2 atom stereocenters. The van der Waals surface area contributed by atoms with Crippen LogP contribution < -0.4 is 5.73 Å². The Labute approximate surface area is 128 Å². The van der Waals surface area contributed by atoms with Gasteiger partial charge in [0.1, 0.15) is 0 Å². The highest BCUT2D eigenvalue weighted by molar-refractivity contribution is 6.30. The summed E-state index contributed by atoms with van der Waals surface area (Å²) >= 11 is 5.95. The summed E-state index contributed by atoms with van der Waals surface area (Å²) in [7, 11) is 1.74. The van der Waals surface area contributed by atoms with Crippen LogP contribution in [0, 0.1) is 0 Å². The number of rotatable bonds is 8. The zero-order valence-electron chi connectivity index (χ0n) is 13.0. The lowest BCUT2D eigenvalue weighted by molar-refractivity contribution is 0.0295.